The fourth-order valence-electron chi connectivity index (χ4n) is 1.67. The Morgan fingerprint density at radius 2 is 2.19 bits per heavy atom. The summed E-state index contributed by atoms with van der Waals surface area (Å²) in [6.45, 7) is 0.508. The van der Waals surface area contributed by atoms with Gasteiger partial charge in [-0.05, 0) is 6.42 Å². The van der Waals surface area contributed by atoms with E-state index in [1.807, 2.05) is 0 Å². The lowest BCUT2D eigenvalue weighted by Gasteiger charge is -2.15. The summed E-state index contributed by atoms with van der Waals surface area (Å²) in [5, 5.41) is 8.73. The minimum atomic E-state index is -3.02. The second-order valence-electron chi connectivity index (χ2n) is 4.06. The molecule has 1 aliphatic heterocycles. The summed E-state index contributed by atoms with van der Waals surface area (Å²) in [4.78, 5) is 23.4. The molecule has 0 spiro atoms. The number of likely N-dealkylation sites (tertiary alicyclic amines) is 1. The number of carbonyl (C=O) groups is 2. The van der Waals surface area contributed by atoms with E-state index in [-0.39, 0.29) is 24.6 Å². The smallest absolute Gasteiger partial charge is 0.308 e. The molecule has 0 aromatic carbocycles. The molecule has 92 valence electrons. The van der Waals surface area contributed by atoms with Gasteiger partial charge in [0.05, 0.1) is 11.7 Å². The second kappa shape index (κ2) is 4.82. The number of hydrogen-bond acceptors (Lipinski definition) is 4. The van der Waals surface area contributed by atoms with Crippen molar-refractivity contribution in [3.05, 3.63) is 0 Å². The summed E-state index contributed by atoms with van der Waals surface area (Å²) in [7, 11) is -3.02. The molecule has 1 heterocycles. The SMILES string of the molecule is CS(=O)(=O)CCCN1CC(C(=O)O)CC1=O. The van der Waals surface area contributed by atoms with Crippen molar-refractivity contribution in [3.8, 4) is 0 Å². The number of sulfone groups is 1. The van der Waals surface area contributed by atoms with Crippen LogP contribution in [0.2, 0.25) is 0 Å². The maximum Gasteiger partial charge on any atom is 0.308 e. The molecule has 0 bridgehead atoms. The molecule has 7 heteroatoms. The van der Waals surface area contributed by atoms with Gasteiger partial charge in [0, 0.05) is 25.8 Å². The van der Waals surface area contributed by atoms with Gasteiger partial charge in [-0.3, -0.25) is 9.59 Å². The predicted molar refractivity (Wildman–Crippen MR) is 56.7 cm³/mol. The highest BCUT2D eigenvalue weighted by Crippen LogP contribution is 2.17. The molecule has 1 saturated heterocycles. The van der Waals surface area contributed by atoms with Gasteiger partial charge in [0.2, 0.25) is 5.91 Å². The van der Waals surface area contributed by atoms with Crippen LogP contribution in [0.25, 0.3) is 0 Å². The van der Waals surface area contributed by atoms with Gasteiger partial charge >= 0.3 is 5.97 Å². The Kier molecular flexibility index (Phi) is 3.90. The van der Waals surface area contributed by atoms with Gasteiger partial charge in [0.25, 0.3) is 0 Å². The average Bonchev–Trinajstić information content (AvgIpc) is 2.46. The van der Waals surface area contributed by atoms with Crippen LogP contribution in [0.4, 0.5) is 0 Å². The maximum atomic E-state index is 11.4. The molecule has 0 saturated carbocycles. The third kappa shape index (κ3) is 3.80. The number of rotatable bonds is 5. The minimum absolute atomic E-state index is 0.0220. The lowest BCUT2D eigenvalue weighted by atomic mass is 10.1. The predicted octanol–water partition coefficient (Wildman–Crippen LogP) is -0.646. The Labute approximate surface area is 94.2 Å². The van der Waals surface area contributed by atoms with E-state index in [1.54, 1.807) is 0 Å². The van der Waals surface area contributed by atoms with Crippen LogP contribution in [0.15, 0.2) is 0 Å². The summed E-state index contributed by atoms with van der Waals surface area (Å²) in [5.41, 5.74) is 0. The van der Waals surface area contributed by atoms with Crippen molar-refractivity contribution in [2.75, 3.05) is 25.1 Å². The number of nitrogens with zero attached hydrogens (tertiary/aromatic N) is 1. The molecule has 1 unspecified atom stereocenters. The molecule has 0 aliphatic carbocycles. The monoisotopic (exact) mass is 249 g/mol. The first kappa shape index (κ1) is 13.0. The molecule has 1 N–H and O–H groups in total. The van der Waals surface area contributed by atoms with Crippen LogP contribution < -0.4 is 0 Å². The number of aliphatic carboxylic acids is 1. The molecule has 0 aromatic rings. The highest BCUT2D eigenvalue weighted by atomic mass is 32.2. The van der Waals surface area contributed by atoms with E-state index in [4.69, 9.17) is 5.11 Å². The number of amides is 1. The van der Waals surface area contributed by atoms with Gasteiger partial charge < -0.3 is 10.0 Å². The van der Waals surface area contributed by atoms with Crippen LogP contribution in [-0.2, 0) is 19.4 Å². The average molecular weight is 249 g/mol. The number of carboxylic acids is 1. The van der Waals surface area contributed by atoms with E-state index in [0.29, 0.717) is 13.0 Å². The first-order valence-corrected chi connectivity index (χ1v) is 7.04. The Balaban J connectivity index is 2.39. The quantitative estimate of drug-likeness (QED) is 0.699. The third-order valence-corrected chi connectivity index (χ3v) is 3.54. The summed E-state index contributed by atoms with van der Waals surface area (Å²) < 4.78 is 21.7. The van der Waals surface area contributed by atoms with Crippen LogP contribution in [0, 0.1) is 5.92 Å². The molecule has 1 atom stereocenters. The summed E-state index contributed by atoms with van der Waals surface area (Å²) in [5.74, 6) is -1.81. The van der Waals surface area contributed by atoms with Crippen molar-refractivity contribution in [1.82, 2.24) is 4.90 Å². The highest BCUT2D eigenvalue weighted by Gasteiger charge is 2.33. The standard InChI is InChI=1S/C9H15NO5S/c1-16(14,15)4-2-3-10-6-7(9(12)13)5-8(10)11/h7H,2-6H2,1H3,(H,12,13). The Hall–Kier alpha value is -1.11. The molecule has 1 amide bonds. The largest absolute Gasteiger partial charge is 0.481 e. The van der Waals surface area contributed by atoms with Crippen LogP contribution in [-0.4, -0.2) is 55.4 Å². The van der Waals surface area contributed by atoms with Gasteiger partial charge in [-0.15, -0.1) is 0 Å². The summed E-state index contributed by atoms with van der Waals surface area (Å²) in [6, 6.07) is 0. The molecule has 1 rings (SSSR count). The van der Waals surface area contributed by atoms with Crippen molar-refractivity contribution in [2.45, 2.75) is 12.8 Å². The topological polar surface area (TPSA) is 91.8 Å². The molecule has 1 fully saturated rings. The zero-order valence-corrected chi connectivity index (χ0v) is 9.87. The Morgan fingerprint density at radius 3 is 2.62 bits per heavy atom. The Morgan fingerprint density at radius 1 is 1.56 bits per heavy atom. The van der Waals surface area contributed by atoms with Crippen molar-refractivity contribution < 1.29 is 23.1 Å². The van der Waals surface area contributed by atoms with Crippen molar-refractivity contribution >= 4 is 21.7 Å². The van der Waals surface area contributed by atoms with E-state index < -0.39 is 21.7 Å². The minimum Gasteiger partial charge on any atom is -0.481 e. The van der Waals surface area contributed by atoms with E-state index in [1.165, 1.54) is 4.90 Å². The van der Waals surface area contributed by atoms with E-state index in [2.05, 4.69) is 0 Å². The van der Waals surface area contributed by atoms with Crippen LogP contribution >= 0.6 is 0 Å². The molecule has 0 radical (unpaired) electrons. The third-order valence-electron chi connectivity index (χ3n) is 2.51. The maximum absolute atomic E-state index is 11.4. The van der Waals surface area contributed by atoms with Crippen LogP contribution in [0.1, 0.15) is 12.8 Å². The van der Waals surface area contributed by atoms with E-state index >= 15 is 0 Å². The van der Waals surface area contributed by atoms with E-state index in [0.717, 1.165) is 6.26 Å². The lowest BCUT2D eigenvalue weighted by molar-refractivity contribution is -0.141. The lowest BCUT2D eigenvalue weighted by Crippen LogP contribution is -2.28. The normalized spacial score (nSPS) is 21.4. The molecule has 0 aromatic heterocycles. The van der Waals surface area contributed by atoms with Gasteiger partial charge in [-0.2, -0.15) is 0 Å². The van der Waals surface area contributed by atoms with Gasteiger partial charge in [-0.25, -0.2) is 8.42 Å². The van der Waals surface area contributed by atoms with Crippen LogP contribution in [0.3, 0.4) is 0 Å². The van der Waals surface area contributed by atoms with Gasteiger partial charge in [0.15, 0.2) is 0 Å². The fourth-order valence-corrected chi connectivity index (χ4v) is 2.32. The molecule has 6 nitrogen and oxygen atoms in total. The number of carbonyl (C=O) groups excluding carboxylic acids is 1. The number of hydrogen-bond donors (Lipinski definition) is 1. The van der Waals surface area contributed by atoms with Gasteiger partial charge in [0.1, 0.15) is 9.84 Å². The number of carboxylic acid groups (broad SMARTS) is 1. The zero-order chi connectivity index (χ0) is 12.3. The van der Waals surface area contributed by atoms with Crippen LogP contribution in [0.5, 0.6) is 0 Å². The Bertz CT molecular complexity index is 389. The first-order valence-electron chi connectivity index (χ1n) is 4.98. The second-order valence-corrected chi connectivity index (χ2v) is 6.32. The highest BCUT2D eigenvalue weighted by molar-refractivity contribution is 7.90. The van der Waals surface area contributed by atoms with Gasteiger partial charge in [-0.1, -0.05) is 0 Å². The zero-order valence-electron chi connectivity index (χ0n) is 9.05. The fraction of sp³-hybridized carbons (Fsp3) is 0.778. The molecule has 16 heavy (non-hydrogen) atoms. The molecular formula is C9H15NO5S. The van der Waals surface area contributed by atoms with E-state index in [9.17, 15) is 18.0 Å². The molecular weight excluding hydrogens is 234 g/mol. The van der Waals surface area contributed by atoms with Crippen molar-refractivity contribution in [2.24, 2.45) is 5.92 Å². The van der Waals surface area contributed by atoms with Crippen molar-refractivity contribution in [3.63, 3.8) is 0 Å². The van der Waals surface area contributed by atoms with Crippen molar-refractivity contribution in [1.29, 1.82) is 0 Å². The summed E-state index contributed by atoms with van der Waals surface area (Å²) in [6.07, 6.45) is 1.52. The molecule has 1 aliphatic rings. The first-order chi connectivity index (χ1) is 7.29. The summed E-state index contributed by atoms with van der Waals surface area (Å²) >= 11 is 0.